The van der Waals surface area contributed by atoms with Gasteiger partial charge in [0.15, 0.2) is 6.29 Å². The van der Waals surface area contributed by atoms with E-state index in [4.69, 9.17) is 0 Å². The normalized spacial score (nSPS) is 15.6. The second-order valence-electron chi connectivity index (χ2n) is 7.90. The third-order valence-corrected chi connectivity index (χ3v) is 9.28. The number of benzene rings is 2. The Bertz CT molecular complexity index is 1220. The van der Waals surface area contributed by atoms with Gasteiger partial charge >= 0.3 is 0 Å². The third kappa shape index (κ3) is 4.33. The van der Waals surface area contributed by atoms with Crippen molar-refractivity contribution in [1.82, 2.24) is 0 Å². The number of anilines is 2. The molecular weight excluding hydrogens is 451 g/mol. The largest absolute Gasteiger partial charge is 0.328 e. The fourth-order valence-electron chi connectivity index (χ4n) is 3.81. The van der Waals surface area contributed by atoms with E-state index in [2.05, 4.69) is 85.5 Å². The van der Waals surface area contributed by atoms with Gasteiger partial charge < -0.3 is 4.90 Å². The van der Waals surface area contributed by atoms with Crippen LogP contribution in [-0.2, 0) is 0 Å². The lowest BCUT2D eigenvalue weighted by Gasteiger charge is -2.31. The monoisotopic (exact) mass is 473 g/mol. The molecule has 0 fully saturated rings. The number of nitrogens with zero attached hydrogens (tertiary/aromatic N) is 1. The van der Waals surface area contributed by atoms with Crippen molar-refractivity contribution in [2.75, 3.05) is 4.90 Å². The highest BCUT2D eigenvalue weighted by atomic mass is 32.2. The van der Waals surface area contributed by atoms with E-state index in [9.17, 15) is 4.79 Å². The van der Waals surface area contributed by atoms with Crippen molar-refractivity contribution in [3.8, 4) is 9.75 Å². The van der Waals surface area contributed by atoms with Crippen molar-refractivity contribution in [2.24, 2.45) is 0 Å². The highest BCUT2D eigenvalue weighted by Gasteiger charge is 2.27. The van der Waals surface area contributed by atoms with E-state index in [1.54, 1.807) is 22.7 Å². The lowest BCUT2D eigenvalue weighted by atomic mass is 10.1. The van der Waals surface area contributed by atoms with Crippen molar-refractivity contribution in [3.05, 3.63) is 99.8 Å². The zero-order chi connectivity index (χ0) is 22.1. The van der Waals surface area contributed by atoms with Gasteiger partial charge in [0.25, 0.3) is 0 Å². The van der Waals surface area contributed by atoms with Gasteiger partial charge in [0, 0.05) is 30.9 Å². The Kier molecular flexibility index (Phi) is 6.05. The second-order valence-corrected chi connectivity index (χ2v) is 11.3. The van der Waals surface area contributed by atoms with Crippen LogP contribution in [0.25, 0.3) is 14.7 Å². The average Bonchev–Trinajstić information content (AvgIpc) is 3.57. The third-order valence-electron chi connectivity index (χ3n) is 5.51. The van der Waals surface area contributed by atoms with Crippen LogP contribution in [0.2, 0.25) is 0 Å². The number of carbonyl (C=O) groups is 1. The first kappa shape index (κ1) is 21.3. The number of aryl methyl sites for hydroxylation is 2. The minimum absolute atomic E-state index is 0.310. The molecule has 0 aliphatic carbocycles. The Hall–Kier alpha value is -2.60. The van der Waals surface area contributed by atoms with E-state index in [0.29, 0.717) is 5.37 Å². The number of carbonyl (C=O) groups excluding carboxylic acids is 1. The van der Waals surface area contributed by atoms with Crippen molar-refractivity contribution in [2.45, 2.75) is 25.6 Å². The molecule has 1 aliphatic heterocycles. The molecule has 0 N–H and O–H groups in total. The predicted octanol–water partition coefficient (Wildman–Crippen LogP) is 8.55. The Morgan fingerprint density at radius 2 is 1.31 bits per heavy atom. The van der Waals surface area contributed by atoms with E-state index in [-0.39, 0.29) is 0 Å². The van der Waals surface area contributed by atoms with Crippen LogP contribution < -0.4 is 4.90 Å². The van der Waals surface area contributed by atoms with Gasteiger partial charge in [0.05, 0.1) is 10.3 Å². The Morgan fingerprint density at radius 1 is 0.750 bits per heavy atom. The van der Waals surface area contributed by atoms with Gasteiger partial charge in [-0.2, -0.15) is 0 Å². The summed E-state index contributed by atoms with van der Waals surface area (Å²) in [4.78, 5) is 19.3. The molecule has 1 atom stereocenters. The maximum Gasteiger partial charge on any atom is 0.160 e. The summed E-state index contributed by atoms with van der Waals surface area (Å²) in [5.41, 5.74) is 4.98. The molecule has 2 nitrogen and oxygen atoms in total. The van der Waals surface area contributed by atoms with E-state index < -0.39 is 0 Å². The van der Waals surface area contributed by atoms with Gasteiger partial charge in [0.2, 0.25) is 0 Å². The molecule has 2 aromatic heterocycles. The minimum Gasteiger partial charge on any atom is -0.328 e. The lowest BCUT2D eigenvalue weighted by molar-refractivity contribution is 0.112. The van der Waals surface area contributed by atoms with E-state index in [0.717, 1.165) is 22.5 Å². The fraction of sp³-hybridized carbons (Fsp3) is 0.148. The molecule has 3 heterocycles. The Balaban J connectivity index is 1.40. The zero-order valence-corrected chi connectivity index (χ0v) is 20.4. The van der Waals surface area contributed by atoms with Gasteiger partial charge in [-0.15, -0.1) is 22.7 Å². The number of aldehydes is 1. The van der Waals surface area contributed by atoms with Crippen molar-refractivity contribution < 1.29 is 4.79 Å². The smallest absolute Gasteiger partial charge is 0.160 e. The molecule has 5 heteroatoms. The van der Waals surface area contributed by atoms with Crippen LogP contribution in [0.1, 0.15) is 32.1 Å². The molecule has 32 heavy (non-hydrogen) atoms. The van der Waals surface area contributed by atoms with Crippen LogP contribution in [0.4, 0.5) is 11.4 Å². The maximum atomic E-state index is 11.0. The molecule has 0 bridgehead atoms. The average molecular weight is 474 g/mol. The van der Waals surface area contributed by atoms with Crippen LogP contribution in [0.15, 0.2) is 78.9 Å². The van der Waals surface area contributed by atoms with Crippen LogP contribution >= 0.6 is 34.4 Å². The number of rotatable bonds is 6. The van der Waals surface area contributed by atoms with Crippen molar-refractivity contribution >= 4 is 57.0 Å². The minimum atomic E-state index is 0.310. The molecule has 1 unspecified atom stereocenters. The molecule has 0 saturated carbocycles. The molecule has 1 aliphatic rings. The van der Waals surface area contributed by atoms with E-state index in [1.165, 1.54) is 37.2 Å². The molecule has 0 radical (unpaired) electrons. The van der Waals surface area contributed by atoms with Gasteiger partial charge in [0.1, 0.15) is 0 Å². The molecule has 0 saturated heterocycles. The number of thiophene rings is 2. The summed E-state index contributed by atoms with van der Waals surface area (Å²) in [6, 6.07) is 25.9. The van der Waals surface area contributed by atoms with E-state index >= 15 is 0 Å². The highest BCUT2D eigenvalue weighted by Crippen LogP contribution is 2.47. The first-order valence-electron chi connectivity index (χ1n) is 10.6. The Morgan fingerprint density at radius 3 is 1.91 bits per heavy atom. The van der Waals surface area contributed by atoms with Crippen molar-refractivity contribution in [3.63, 3.8) is 0 Å². The van der Waals surface area contributed by atoms with Gasteiger partial charge in [-0.05, 0) is 68.8 Å². The molecule has 0 amide bonds. The van der Waals surface area contributed by atoms with Gasteiger partial charge in [-0.3, -0.25) is 4.79 Å². The lowest BCUT2D eigenvalue weighted by Crippen LogP contribution is -2.26. The topological polar surface area (TPSA) is 20.3 Å². The summed E-state index contributed by atoms with van der Waals surface area (Å²) >= 11 is 5.29. The first-order valence-corrected chi connectivity index (χ1v) is 13.1. The fourth-order valence-corrected chi connectivity index (χ4v) is 7.15. The summed E-state index contributed by atoms with van der Waals surface area (Å²) in [6.45, 7) is 4.26. The van der Waals surface area contributed by atoms with Crippen LogP contribution in [0.5, 0.6) is 0 Å². The zero-order valence-electron chi connectivity index (χ0n) is 17.9. The van der Waals surface area contributed by atoms with E-state index in [1.807, 2.05) is 23.9 Å². The summed E-state index contributed by atoms with van der Waals surface area (Å²) < 4.78 is 0. The summed E-state index contributed by atoms with van der Waals surface area (Å²) in [5.74, 6) is 0. The molecule has 5 rings (SSSR count). The highest BCUT2D eigenvalue weighted by molar-refractivity contribution is 8.09. The second kappa shape index (κ2) is 9.10. The van der Waals surface area contributed by atoms with Gasteiger partial charge in [-0.25, -0.2) is 0 Å². The summed E-state index contributed by atoms with van der Waals surface area (Å²) in [7, 11) is 0. The molecular formula is C27H23NOS3. The summed E-state index contributed by atoms with van der Waals surface area (Å²) in [5, 5.41) is 0.310. The summed E-state index contributed by atoms with van der Waals surface area (Å²) in [6.07, 6.45) is 4.28. The van der Waals surface area contributed by atoms with Gasteiger partial charge in [-0.1, -0.05) is 53.2 Å². The van der Waals surface area contributed by atoms with Crippen LogP contribution in [0.3, 0.4) is 0 Å². The first-order chi connectivity index (χ1) is 15.6. The van der Waals surface area contributed by atoms with Crippen LogP contribution in [0, 0.1) is 13.8 Å². The van der Waals surface area contributed by atoms with Crippen molar-refractivity contribution in [1.29, 1.82) is 0 Å². The molecule has 0 spiro atoms. The maximum absolute atomic E-state index is 11.0. The quantitative estimate of drug-likeness (QED) is 0.262. The SMILES string of the molecule is Cc1ccc(N(c2ccc(C)cc2)C2CC=C(c3ccc(-c4ccc(C=O)s4)s3)S2)cc1. The number of thioether (sulfide) groups is 1. The molecule has 2 aromatic carbocycles. The Labute approximate surface area is 201 Å². The molecule has 4 aromatic rings. The van der Waals surface area contributed by atoms with Crippen LogP contribution in [-0.4, -0.2) is 11.7 Å². The predicted molar refractivity (Wildman–Crippen MR) is 141 cm³/mol. The number of hydrogen-bond acceptors (Lipinski definition) is 5. The number of hydrogen-bond donors (Lipinski definition) is 0. The molecule has 160 valence electrons. The standard InChI is InChI=1S/C27H23NOS3/c1-18-3-7-20(8-4-18)28(21-9-5-19(2)6-10-21)27-16-15-26(32-27)25-14-13-24(31-25)23-12-11-22(17-29)30-23/h3-15,17,27H,16H2,1-2H3.